The van der Waals surface area contributed by atoms with Crippen molar-refractivity contribution in [3.8, 4) is 0 Å². The molecule has 0 aromatic rings. The van der Waals surface area contributed by atoms with Crippen LogP contribution in [0, 0.1) is 11.8 Å². The van der Waals surface area contributed by atoms with E-state index >= 15 is 0 Å². The van der Waals surface area contributed by atoms with E-state index in [4.69, 9.17) is 0 Å². The van der Waals surface area contributed by atoms with Gasteiger partial charge in [-0.25, -0.2) is 0 Å². The van der Waals surface area contributed by atoms with Crippen molar-refractivity contribution in [1.82, 2.24) is 0 Å². The molecule has 0 unspecified atom stereocenters. The predicted molar refractivity (Wildman–Crippen MR) is 40.0 cm³/mol. The zero-order valence-corrected chi connectivity index (χ0v) is 6.90. The molecule has 0 amide bonds. The van der Waals surface area contributed by atoms with E-state index < -0.39 is 12.6 Å². The normalized spacial score (nSPS) is 32.5. The summed E-state index contributed by atoms with van der Waals surface area (Å²) in [5, 5.41) is 0. The Morgan fingerprint density at radius 1 is 1.38 bits per heavy atom. The van der Waals surface area contributed by atoms with Gasteiger partial charge in [-0.3, -0.25) is 4.79 Å². The van der Waals surface area contributed by atoms with E-state index in [0.29, 0.717) is 18.4 Å². The van der Waals surface area contributed by atoms with Crippen LogP contribution in [0.3, 0.4) is 0 Å². The molecule has 0 heterocycles. The predicted octanol–water partition coefficient (Wildman–Crippen LogP) is 2.47. The van der Waals surface area contributed by atoms with E-state index in [1.54, 1.807) is 0 Å². The second kappa shape index (κ2) is 2.59. The molecule has 0 bridgehead atoms. The molecule has 1 nitrogen and oxygen atoms in total. The number of Topliss-reactive ketones (excluding diaryl/α,β-unsaturated/α-hetero) is 1. The third-order valence-electron chi connectivity index (χ3n) is 2.71. The fraction of sp³-hybridized carbons (Fsp3) is 0.667. The molecule has 13 heavy (non-hydrogen) atoms. The van der Waals surface area contributed by atoms with Crippen molar-refractivity contribution in [2.24, 2.45) is 11.8 Å². The van der Waals surface area contributed by atoms with Crippen LogP contribution in [-0.4, -0.2) is 12.0 Å². The van der Waals surface area contributed by atoms with Gasteiger partial charge in [0.1, 0.15) is 5.78 Å². The smallest absolute Gasteiger partial charge is 0.299 e. The lowest BCUT2D eigenvalue weighted by atomic mass is 9.75. The zero-order chi connectivity index (χ0) is 9.64. The lowest BCUT2D eigenvalue weighted by Crippen LogP contribution is -2.32. The van der Waals surface area contributed by atoms with Gasteiger partial charge in [0, 0.05) is 12.3 Å². The van der Waals surface area contributed by atoms with Crippen LogP contribution in [0.25, 0.3) is 0 Å². The molecule has 72 valence electrons. The summed E-state index contributed by atoms with van der Waals surface area (Å²) in [6.45, 7) is 0. The molecule has 0 aromatic carbocycles. The molecule has 1 saturated carbocycles. The van der Waals surface area contributed by atoms with Crippen LogP contribution >= 0.6 is 0 Å². The second-order valence-corrected chi connectivity index (χ2v) is 3.78. The molecule has 2 atom stereocenters. The summed E-state index contributed by atoms with van der Waals surface area (Å²) in [7, 11) is 0. The maximum atomic E-state index is 12.0. The van der Waals surface area contributed by atoms with Gasteiger partial charge >= 0.3 is 6.18 Å². The lowest BCUT2D eigenvalue weighted by Gasteiger charge is -2.27. The Labute approximate surface area is 73.6 Å². The number of rotatable bonds is 1. The van der Waals surface area contributed by atoms with Crippen molar-refractivity contribution in [3.63, 3.8) is 0 Å². The average molecular weight is 190 g/mol. The Morgan fingerprint density at radius 2 is 2.08 bits per heavy atom. The number of halogens is 3. The lowest BCUT2D eigenvalue weighted by molar-refractivity contribution is -0.130. The molecule has 0 saturated heterocycles. The van der Waals surface area contributed by atoms with Crippen LogP contribution in [0.5, 0.6) is 0 Å². The maximum Gasteiger partial charge on any atom is 0.392 e. The largest absolute Gasteiger partial charge is 0.392 e. The molecule has 0 aliphatic heterocycles. The molecule has 0 radical (unpaired) electrons. The Bertz CT molecular complexity index is 277. The first-order valence-electron chi connectivity index (χ1n) is 4.25. The molecule has 2 rings (SSSR count). The quantitative estimate of drug-likeness (QED) is 0.580. The number of alkyl halides is 3. The van der Waals surface area contributed by atoms with Crippen LogP contribution in [0.4, 0.5) is 13.2 Å². The number of carbonyl (C=O) groups excluding carboxylic acids is 1. The molecule has 0 aromatic heterocycles. The summed E-state index contributed by atoms with van der Waals surface area (Å²) in [6, 6.07) is 0. The summed E-state index contributed by atoms with van der Waals surface area (Å²) < 4.78 is 35.9. The van der Waals surface area contributed by atoms with Crippen LogP contribution in [-0.2, 0) is 4.79 Å². The summed E-state index contributed by atoms with van der Waals surface area (Å²) in [4.78, 5) is 10.9. The van der Waals surface area contributed by atoms with E-state index in [9.17, 15) is 18.0 Å². The van der Waals surface area contributed by atoms with Gasteiger partial charge in [-0.05, 0) is 12.3 Å². The van der Waals surface area contributed by atoms with E-state index in [1.807, 2.05) is 0 Å². The minimum atomic E-state index is -4.13. The van der Waals surface area contributed by atoms with Gasteiger partial charge in [-0.1, -0.05) is 11.6 Å². The van der Waals surface area contributed by atoms with Crippen LogP contribution < -0.4 is 0 Å². The summed E-state index contributed by atoms with van der Waals surface area (Å²) in [6.07, 6.45) is -2.51. The van der Waals surface area contributed by atoms with E-state index in [-0.39, 0.29) is 17.6 Å². The topological polar surface area (TPSA) is 17.1 Å². The van der Waals surface area contributed by atoms with Gasteiger partial charge in [0.2, 0.25) is 0 Å². The maximum absolute atomic E-state index is 12.0. The Hall–Kier alpha value is -0.800. The summed E-state index contributed by atoms with van der Waals surface area (Å²) in [5.41, 5.74) is 0.397. The second-order valence-electron chi connectivity index (χ2n) is 3.78. The first-order chi connectivity index (χ1) is 5.96. The van der Waals surface area contributed by atoms with Crippen molar-refractivity contribution in [3.05, 3.63) is 11.6 Å². The van der Waals surface area contributed by atoms with Crippen molar-refractivity contribution in [1.29, 1.82) is 0 Å². The third kappa shape index (κ3) is 1.62. The minimum absolute atomic E-state index is 0.0992. The molecule has 1 fully saturated rings. The highest BCUT2D eigenvalue weighted by Gasteiger charge is 2.44. The average Bonchev–Trinajstić information content (AvgIpc) is 2.24. The molecule has 2 aliphatic carbocycles. The highest BCUT2D eigenvalue weighted by molar-refractivity contribution is 5.90. The summed E-state index contributed by atoms with van der Waals surface area (Å²) >= 11 is 0. The van der Waals surface area contributed by atoms with Crippen LogP contribution in [0.2, 0.25) is 0 Å². The van der Waals surface area contributed by atoms with Gasteiger partial charge in [-0.15, -0.1) is 0 Å². The van der Waals surface area contributed by atoms with Gasteiger partial charge in [-0.2, -0.15) is 13.2 Å². The van der Waals surface area contributed by atoms with Crippen molar-refractivity contribution in [2.75, 3.05) is 0 Å². The molecular formula is C9H9F3O. The number of hydrogen-bond donors (Lipinski definition) is 0. The number of allylic oxidation sites excluding steroid dienone is 2. The standard InChI is InChI=1S/C9H9F3O/c10-9(11,12)4-5-1-6-3-8(13)7(6)2-5/h2,6-7H,1,3-4H2/t6-,7-/m1/s1. The van der Waals surface area contributed by atoms with Gasteiger partial charge < -0.3 is 0 Å². The zero-order valence-electron chi connectivity index (χ0n) is 6.90. The van der Waals surface area contributed by atoms with Gasteiger partial charge in [0.15, 0.2) is 0 Å². The van der Waals surface area contributed by atoms with Crippen molar-refractivity contribution >= 4 is 5.78 Å². The first-order valence-corrected chi connectivity index (χ1v) is 4.25. The molecule has 0 N–H and O–H groups in total. The van der Waals surface area contributed by atoms with E-state index in [2.05, 4.69) is 0 Å². The number of fused-ring (bicyclic) bond motifs is 1. The molecule has 2 aliphatic rings. The Balaban J connectivity index is 2.00. The fourth-order valence-corrected chi connectivity index (χ4v) is 2.10. The van der Waals surface area contributed by atoms with Crippen LogP contribution in [0.15, 0.2) is 11.6 Å². The number of carbonyl (C=O) groups is 1. The first kappa shape index (κ1) is 8.78. The van der Waals surface area contributed by atoms with Gasteiger partial charge in [0.05, 0.1) is 6.42 Å². The highest BCUT2D eigenvalue weighted by atomic mass is 19.4. The fourth-order valence-electron chi connectivity index (χ4n) is 2.10. The van der Waals surface area contributed by atoms with Crippen molar-refractivity contribution < 1.29 is 18.0 Å². The minimum Gasteiger partial charge on any atom is -0.299 e. The number of hydrogen-bond acceptors (Lipinski definition) is 1. The van der Waals surface area contributed by atoms with E-state index in [1.165, 1.54) is 6.08 Å². The monoisotopic (exact) mass is 190 g/mol. The van der Waals surface area contributed by atoms with Gasteiger partial charge in [0.25, 0.3) is 0 Å². The Kier molecular flexibility index (Phi) is 1.75. The third-order valence-corrected chi connectivity index (χ3v) is 2.71. The Morgan fingerprint density at radius 3 is 2.54 bits per heavy atom. The number of ketones is 1. The highest BCUT2D eigenvalue weighted by Crippen LogP contribution is 2.45. The summed E-state index contributed by atoms with van der Waals surface area (Å²) in [5.74, 6) is 0.101. The molecule has 0 spiro atoms. The van der Waals surface area contributed by atoms with Crippen molar-refractivity contribution in [2.45, 2.75) is 25.4 Å². The van der Waals surface area contributed by atoms with E-state index in [0.717, 1.165) is 0 Å². The van der Waals surface area contributed by atoms with Crippen LogP contribution in [0.1, 0.15) is 19.3 Å². The SMILES string of the molecule is O=C1C[C@H]2CC(CC(F)(F)F)=C[C@@H]12. The molecular weight excluding hydrogens is 181 g/mol. The molecule has 4 heteroatoms.